The average molecular weight is 182 g/mol. The second kappa shape index (κ2) is 3.91. The van der Waals surface area contributed by atoms with E-state index in [1.807, 2.05) is 0 Å². The Bertz CT molecular complexity index is 319. The van der Waals surface area contributed by atoms with Crippen LogP contribution in [0.25, 0.3) is 0 Å². The summed E-state index contributed by atoms with van der Waals surface area (Å²) in [6.45, 7) is -0.129. The summed E-state index contributed by atoms with van der Waals surface area (Å²) in [5, 5.41) is 17.5. The van der Waals surface area contributed by atoms with Gasteiger partial charge in [-0.1, -0.05) is 6.07 Å². The number of hydrogen-bond acceptors (Lipinski definition) is 3. The number of hydrogen-bond donors (Lipinski definition) is 2. The second-order valence-corrected chi connectivity index (χ2v) is 2.50. The minimum Gasteiger partial charge on any atom is -0.496 e. The highest BCUT2D eigenvalue weighted by Gasteiger charge is 2.10. The maximum atomic E-state index is 10.6. The Hall–Kier alpha value is -1.55. The molecule has 0 radical (unpaired) electrons. The number of carboxylic acid groups (broad SMARTS) is 1. The van der Waals surface area contributed by atoms with Crippen LogP contribution in [-0.4, -0.2) is 23.3 Å². The van der Waals surface area contributed by atoms with Crippen LogP contribution in [0, 0.1) is 0 Å². The molecule has 1 aromatic carbocycles. The molecule has 0 saturated carbocycles. The van der Waals surface area contributed by atoms with E-state index in [1.165, 1.54) is 19.2 Å². The van der Waals surface area contributed by atoms with Crippen LogP contribution in [0.4, 0.5) is 0 Å². The van der Waals surface area contributed by atoms with Gasteiger partial charge in [0.1, 0.15) is 11.3 Å². The van der Waals surface area contributed by atoms with Gasteiger partial charge in [-0.25, -0.2) is 4.79 Å². The summed E-state index contributed by atoms with van der Waals surface area (Å²) >= 11 is 0. The van der Waals surface area contributed by atoms with Crippen molar-refractivity contribution in [1.82, 2.24) is 0 Å². The maximum absolute atomic E-state index is 10.6. The van der Waals surface area contributed by atoms with Crippen molar-refractivity contribution >= 4 is 5.97 Å². The summed E-state index contributed by atoms with van der Waals surface area (Å²) in [4.78, 5) is 10.6. The van der Waals surface area contributed by atoms with Gasteiger partial charge in [-0.2, -0.15) is 0 Å². The van der Waals surface area contributed by atoms with Crippen LogP contribution in [0.3, 0.4) is 0 Å². The first-order chi connectivity index (χ1) is 6.19. The fourth-order valence-corrected chi connectivity index (χ4v) is 1.01. The molecule has 0 aliphatic rings. The molecule has 0 amide bonds. The van der Waals surface area contributed by atoms with E-state index in [9.17, 15) is 4.79 Å². The lowest BCUT2D eigenvalue weighted by atomic mass is 10.1. The summed E-state index contributed by atoms with van der Waals surface area (Å²) in [6, 6.07) is 4.46. The van der Waals surface area contributed by atoms with Crippen molar-refractivity contribution in [1.29, 1.82) is 0 Å². The van der Waals surface area contributed by atoms with Crippen LogP contribution >= 0.6 is 0 Å². The standard InChI is InChI=1S/C9H10O4/c1-13-8-4-6(5-10)2-3-7(8)9(11)12/h2-4,10H,5H2,1H3,(H,11,12). The van der Waals surface area contributed by atoms with E-state index in [1.54, 1.807) is 6.07 Å². The molecule has 0 unspecified atom stereocenters. The zero-order chi connectivity index (χ0) is 9.84. The smallest absolute Gasteiger partial charge is 0.339 e. The Morgan fingerprint density at radius 1 is 1.54 bits per heavy atom. The molecular weight excluding hydrogens is 172 g/mol. The number of aromatic carboxylic acids is 1. The highest BCUT2D eigenvalue weighted by atomic mass is 16.5. The molecule has 0 fully saturated rings. The molecule has 13 heavy (non-hydrogen) atoms. The summed E-state index contributed by atoms with van der Waals surface area (Å²) in [5.74, 6) is -0.777. The number of ether oxygens (including phenoxy) is 1. The van der Waals surface area contributed by atoms with E-state index >= 15 is 0 Å². The highest BCUT2D eigenvalue weighted by Crippen LogP contribution is 2.19. The monoisotopic (exact) mass is 182 g/mol. The Balaban J connectivity index is 3.15. The van der Waals surface area contributed by atoms with Crippen molar-refractivity contribution in [2.24, 2.45) is 0 Å². The van der Waals surface area contributed by atoms with Crippen molar-refractivity contribution in [2.75, 3.05) is 7.11 Å². The van der Waals surface area contributed by atoms with E-state index in [0.29, 0.717) is 5.56 Å². The number of aliphatic hydroxyl groups excluding tert-OH is 1. The third-order valence-corrected chi connectivity index (χ3v) is 1.68. The van der Waals surface area contributed by atoms with Crippen molar-refractivity contribution in [3.05, 3.63) is 29.3 Å². The number of carboxylic acids is 1. The Kier molecular flexibility index (Phi) is 2.87. The predicted octanol–water partition coefficient (Wildman–Crippen LogP) is 0.886. The molecule has 0 atom stereocenters. The van der Waals surface area contributed by atoms with Gasteiger partial charge in [-0.05, 0) is 17.7 Å². The van der Waals surface area contributed by atoms with Gasteiger partial charge < -0.3 is 14.9 Å². The van der Waals surface area contributed by atoms with Gasteiger partial charge in [-0.3, -0.25) is 0 Å². The van der Waals surface area contributed by atoms with E-state index in [2.05, 4.69) is 0 Å². The molecule has 0 aliphatic heterocycles. The van der Waals surface area contributed by atoms with Gasteiger partial charge in [0.25, 0.3) is 0 Å². The number of aliphatic hydroxyl groups is 1. The van der Waals surface area contributed by atoms with Crippen LogP contribution in [0.5, 0.6) is 5.75 Å². The van der Waals surface area contributed by atoms with Crippen molar-refractivity contribution < 1.29 is 19.7 Å². The summed E-state index contributed by atoms with van der Waals surface area (Å²) in [5.41, 5.74) is 0.724. The SMILES string of the molecule is COc1cc(CO)ccc1C(=O)O. The fraction of sp³-hybridized carbons (Fsp3) is 0.222. The van der Waals surface area contributed by atoms with Gasteiger partial charge in [0.2, 0.25) is 0 Å². The topological polar surface area (TPSA) is 66.8 Å². The molecule has 0 spiro atoms. The first-order valence-electron chi connectivity index (χ1n) is 3.70. The van der Waals surface area contributed by atoms with Crippen molar-refractivity contribution in [2.45, 2.75) is 6.61 Å². The van der Waals surface area contributed by atoms with Gasteiger partial charge in [0, 0.05) is 0 Å². The first-order valence-corrected chi connectivity index (χ1v) is 3.70. The molecule has 0 aliphatic carbocycles. The van der Waals surface area contributed by atoms with E-state index < -0.39 is 5.97 Å². The normalized spacial score (nSPS) is 9.69. The lowest BCUT2D eigenvalue weighted by Crippen LogP contribution is -2.01. The largest absolute Gasteiger partial charge is 0.496 e. The molecule has 1 rings (SSSR count). The average Bonchev–Trinajstić information content (AvgIpc) is 2.16. The quantitative estimate of drug-likeness (QED) is 0.728. The molecule has 0 aromatic heterocycles. The van der Waals surface area contributed by atoms with Crippen LogP contribution < -0.4 is 4.74 Å². The Morgan fingerprint density at radius 3 is 2.69 bits per heavy atom. The molecule has 4 heteroatoms. The third kappa shape index (κ3) is 1.97. The van der Waals surface area contributed by atoms with Gasteiger partial charge in [0.15, 0.2) is 0 Å². The molecular formula is C9H10O4. The molecule has 0 saturated heterocycles. The van der Waals surface area contributed by atoms with Crippen LogP contribution in [0.15, 0.2) is 18.2 Å². The van der Waals surface area contributed by atoms with E-state index in [-0.39, 0.29) is 17.9 Å². The second-order valence-electron chi connectivity index (χ2n) is 2.50. The zero-order valence-corrected chi connectivity index (χ0v) is 7.15. The molecule has 0 bridgehead atoms. The number of methoxy groups -OCH3 is 1. The van der Waals surface area contributed by atoms with E-state index in [4.69, 9.17) is 14.9 Å². The molecule has 70 valence electrons. The van der Waals surface area contributed by atoms with E-state index in [0.717, 1.165) is 0 Å². The summed E-state index contributed by atoms with van der Waals surface area (Å²) in [7, 11) is 1.39. The molecule has 2 N–H and O–H groups in total. The predicted molar refractivity (Wildman–Crippen MR) is 45.9 cm³/mol. The third-order valence-electron chi connectivity index (χ3n) is 1.68. The molecule has 4 nitrogen and oxygen atoms in total. The van der Waals surface area contributed by atoms with Crippen molar-refractivity contribution in [3.63, 3.8) is 0 Å². The summed E-state index contributed by atoms with van der Waals surface area (Å²) < 4.78 is 4.86. The highest BCUT2D eigenvalue weighted by molar-refractivity contribution is 5.90. The number of carbonyl (C=O) groups is 1. The van der Waals surface area contributed by atoms with Gasteiger partial charge in [0.05, 0.1) is 13.7 Å². The van der Waals surface area contributed by atoms with Crippen LogP contribution in [-0.2, 0) is 6.61 Å². The minimum atomic E-state index is -1.04. The van der Waals surface area contributed by atoms with Gasteiger partial charge >= 0.3 is 5.97 Å². The fourth-order valence-electron chi connectivity index (χ4n) is 1.01. The first kappa shape index (κ1) is 9.54. The zero-order valence-electron chi connectivity index (χ0n) is 7.15. The van der Waals surface area contributed by atoms with Crippen LogP contribution in [0.1, 0.15) is 15.9 Å². The number of benzene rings is 1. The minimum absolute atomic E-state index is 0.0969. The Labute approximate surface area is 75.4 Å². The summed E-state index contributed by atoms with van der Waals surface area (Å²) in [6.07, 6.45) is 0. The van der Waals surface area contributed by atoms with Crippen molar-refractivity contribution in [3.8, 4) is 5.75 Å². The molecule has 1 aromatic rings. The van der Waals surface area contributed by atoms with Crippen LogP contribution in [0.2, 0.25) is 0 Å². The molecule has 0 heterocycles. The lowest BCUT2D eigenvalue weighted by molar-refractivity contribution is 0.0693. The number of rotatable bonds is 3. The van der Waals surface area contributed by atoms with Gasteiger partial charge in [-0.15, -0.1) is 0 Å². The lowest BCUT2D eigenvalue weighted by Gasteiger charge is -2.05. The Morgan fingerprint density at radius 2 is 2.23 bits per heavy atom. The maximum Gasteiger partial charge on any atom is 0.339 e.